The van der Waals surface area contributed by atoms with Crippen LogP contribution in [0.15, 0.2) is 31.0 Å². The van der Waals surface area contributed by atoms with Gasteiger partial charge in [-0.15, -0.1) is 0 Å². The minimum absolute atomic E-state index is 0.267. The number of nitrogens with zero attached hydrogens (tertiary/aromatic N) is 3. The van der Waals surface area contributed by atoms with Gasteiger partial charge in [0.25, 0.3) is 0 Å². The van der Waals surface area contributed by atoms with Crippen molar-refractivity contribution in [2.24, 2.45) is 0 Å². The Kier molecular flexibility index (Phi) is 3.72. The zero-order chi connectivity index (χ0) is 17.4. The summed E-state index contributed by atoms with van der Waals surface area (Å²) in [6.45, 7) is 3.36. The summed E-state index contributed by atoms with van der Waals surface area (Å²) in [6, 6.07) is 0. The predicted octanol–water partition coefficient (Wildman–Crippen LogP) is 0.591. The molecule has 0 atom stereocenters. The summed E-state index contributed by atoms with van der Waals surface area (Å²) in [7, 11) is 1.32. The number of hydrogen-bond acceptors (Lipinski definition) is 6. The summed E-state index contributed by atoms with van der Waals surface area (Å²) in [5, 5.41) is 11.3. The first-order valence-electron chi connectivity index (χ1n) is 7.27. The van der Waals surface area contributed by atoms with Gasteiger partial charge >= 0.3 is 5.97 Å². The van der Waals surface area contributed by atoms with Crippen molar-refractivity contribution in [3.05, 3.63) is 54.2 Å². The van der Waals surface area contributed by atoms with Crippen molar-refractivity contribution >= 4 is 5.97 Å². The Morgan fingerprint density at radius 1 is 1.08 bits per heavy atom. The molecule has 0 bridgehead atoms. The van der Waals surface area contributed by atoms with E-state index >= 15 is 0 Å². The molecule has 0 aliphatic carbocycles. The standard InChI is InChI=1S/C15H18N6O3/c1-14(2,13(22)24-3)10-20-8-9(21-10)15(23,11-16-4-5-17-11)12-18-6-7-19-12/h4-8,23H,1-3H3,(H,16,17)(H,18,19)(H,20,21). The van der Waals surface area contributed by atoms with Crippen LogP contribution in [0.4, 0.5) is 0 Å². The van der Waals surface area contributed by atoms with Gasteiger partial charge in [0.15, 0.2) is 11.6 Å². The van der Waals surface area contributed by atoms with E-state index in [1.807, 2.05) is 0 Å². The molecule has 3 rings (SSSR count). The van der Waals surface area contributed by atoms with E-state index in [1.54, 1.807) is 26.2 Å². The molecular formula is C15H18N6O3. The number of rotatable bonds is 5. The van der Waals surface area contributed by atoms with E-state index in [2.05, 4.69) is 29.9 Å². The number of hydrogen-bond donors (Lipinski definition) is 4. The van der Waals surface area contributed by atoms with Gasteiger partial charge in [0.1, 0.15) is 11.2 Å². The second kappa shape index (κ2) is 5.60. The molecule has 24 heavy (non-hydrogen) atoms. The second-order valence-electron chi connectivity index (χ2n) is 5.85. The van der Waals surface area contributed by atoms with Gasteiger partial charge in [0.2, 0.25) is 5.60 Å². The van der Waals surface area contributed by atoms with E-state index in [1.165, 1.54) is 25.7 Å². The molecule has 126 valence electrons. The number of carbonyl (C=O) groups is 1. The van der Waals surface area contributed by atoms with Crippen LogP contribution in [-0.4, -0.2) is 48.1 Å². The van der Waals surface area contributed by atoms with Gasteiger partial charge < -0.3 is 24.8 Å². The zero-order valence-corrected chi connectivity index (χ0v) is 13.5. The van der Waals surface area contributed by atoms with E-state index in [9.17, 15) is 9.90 Å². The highest BCUT2D eigenvalue weighted by Crippen LogP contribution is 2.33. The van der Waals surface area contributed by atoms with Crippen molar-refractivity contribution < 1.29 is 14.6 Å². The Bertz CT molecular complexity index is 785. The summed E-state index contributed by atoms with van der Waals surface area (Å²) >= 11 is 0. The monoisotopic (exact) mass is 330 g/mol. The smallest absolute Gasteiger partial charge is 0.318 e. The third kappa shape index (κ3) is 2.29. The average molecular weight is 330 g/mol. The number of aromatic nitrogens is 6. The number of aliphatic hydroxyl groups is 1. The minimum atomic E-state index is -1.69. The Morgan fingerprint density at radius 3 is 2.12 bits per heavy atom. The van der Waals surface area contributed by atoms with Gasteiger partial charge in [-0.05, 0) is 13.8 Å². The Balaban J connectivity index is 2.10. The number of ether oxygens (including phenoxy) is 1. The molecule has 0 saturated carbocycles. The van der Waals surface area contributed by atoms with Gasteiger partial charge in [0, 0.05) is 24.8 Å². The van der Waals surface area contributed by atoms with Gasteiger partial charge in [-0.2, -0.15) is 0 Å². The van der Waals surface area contributed by atoms with Crippen LogP contribution in [-0.2, 0) is 20.5 Å². The number of H-pyrrole nitrogens is 3. The van der Waals surface area contributed by atoms with Gasteiger partial charge in [-0.3, -0.25) is 4.79 Å². The SMILES string of the molecule is COC(=O)C(C)(C)c1ncc(C(O)(c2ncc[nH]2)c2ncc[nH]2)[nH]1. The maximum absolute atomic E-state index is 12.0. The summed E-state index contributed by atoms with van der Waals surface area (Å²) in [5.41, 5.74) is -2.37. The number of aromatic amines is 3. The highest BCUT2D eigenvalue weighted by molar-refractivity contribution is 5.80. The highest BCUT2D eigenvalue weighted by atomic mass is 16.5. The maximum atomic E-state index is 12.0. The number of esters is 1. The fourth-order valence-corrected chi connectivity index (χ4v) is 2.47. The predicted molar refractivity (Wildman–Crippen MR) is 82.9 cm³/mol. The van der Waals surface area contributed by atoms with Crippen LogP contribution in [0.5, 0.6) is 0 Å². The largest absolute Gasteiger partial charge is 0.468 e. The zero-order valence-electron chi connectivity index (χ0n) is 13.5. The molecule has 0 spiro atoms. The molecule has 0 saturated heterocycles. The first-order chi connectivity index (χ1) is 11.4. The minimum Gasteiger partial charge on any atom is -0.468 e. The summed E-state index contributed by atoms with van der Waals surface area (Å²) in [5.74, 6) is 0.455. The lowest BCUT2D eigenvalue weighted by Crippen LogP contribution is -2.34. The molecule has 0 aliphatic heterocycles. The molecule has 3 aromatic heterocycles. The molecule has 0 aromatic carbocycles. The molecule has 3 aromatic rings. The maximum Gasteiger partial charge on any atom is 0.318 e. The molecule has 3 heterocycles. The van der Waals surface area contributed by atoms with Crippen LogP contribution in [0.1, 0.15) is 37.0 Å². The fourth-order valence-electron chi connectivity index (χ4n) is 2.47. The molecule has 0 radical (unpaired) electrons. The molecular weight excluding hydrogens is 312 g/mol. The topological polar surface area (TPSA) is 133 Å². The number of nitrogens with one attached hydrogen (secondary N) is 3. The molecule has 0 fully saturated rings. The Labute approximate surface area is 137 Å². The number of carbonyl (C=O) groups excluding carboxylic acids is 1. The number of imidazole rings is 3. The van der Waals surface area contributed by atoms with E-state index in [-0.39, 0.29) is 11.6 Å². The summed E-state index contributed by atoms with van der Waals surface area (Å²) in [4.78, 5) is 33.3. The van der Waals surface area contributed by atoms with Crippen LogP contribution in [0.3, 0.4) is 0 Å². The molecule has 9 nitrogen and oxygen atoms in total. The van der Waals surface area contributed by atoms with Gasteiger partial charge in [-0.1, -0.05) is 0 Å². The Morgan fingerprint density at radius 2 is 1.67 bits per heavy atom. The molecule has 4 N–H and O–H groups in total. The fraction of sp³-hybridized carbons (Fsp3) is 0.333. The van der Waals surface area contributed by atoms with Crippen LogP contribution in [0.2, 0.25) is 0 Å². The van der Waals surface area contributed by atoms with Crippen LogP contribution in [0.25, 0.3) is 0 Å². The van der Waals surface area contributed by atoms with Crippen molar-refractivity contribution in [3.63, 3.8) is 0 Å². The third-order valence-electron chi connectivity index (χ3n) is 3.94. The lowest BCUT2D eigenvalue weighted by atomic mass is 9.92. The summed E-state index contributed by atoms with van der Waals surface area (Å²) < 4.78 is 4.81. The third-order valence-corrected chi connectivity index (χ3v) is 3.94. The van der Waals surface area contributed by atoms with E-state index in [0.29, 0.717) is 11.5 Å². The highest BCUT2D eigenvalue weighted by Gasteiger charge is 2.43. The second-order valence-corrected chi connectivity index (χ2v) is 5.85. The molecule has 0 aliphatic rings. The van der Waals surface area contributed by atoms with E-state index in [0.717, 1.165) is 0 Å². The van der Waals surface area contributed by atoms with Crippen molar-refractivity contribution in [2.45, 2.75) is 24.9 Å². The van der Waals surface area contributed by atoms with Crippen LogP contribution < -0.4 is 0 Å². The lowest BCUT2D eigenvalue weighted by molar-refractivity contribution is -0.146. The van der Waals surface area contributed by atoms with E-state index < -0.39 is 17.0 Å². The molecule has 0 amide bonds. The van der Waals surface area contributed by atoms with Gasteiger partial charge in [0.05, 0.1) is 19.0 Å². The first-order valence-corrected chi connectivity index (χ1v) is 7.27. The van der Waals surface area contributed by atoms with Gasteiger partial charge in [-0.25, -0.2) is 15.0 Å². The van der Waals surface area contributed by atoms with Crippen molar-refractivity contribution in [1.29, 1.82) is 0 Å². The van der Waals surface area contributed by atoms with Crippen molar-refractivity contribution in [3.8, 4) is 0 Å². The van der Waals surface area contributed by atoms with Crippen LogP contribution in [0, 0.1) is 0 Å². The van der Waals surface area contributed by atoms with E-state index in [4.69, 9.17) is 4.74 Å². The molecule has 9 heteroatoms. The quantitative estimate of drug-likeness (QED) is 0.506. The Hall–Kier alpha value is -2.94. The summed E-state index contributed by atoms with van der Waals surface area (Å²) in [6.07, 6.45) is 7.70. The van der Waals surface area contributed by atoms with Crippen molar-refractivity contribution in [1.82, 2.24) is 29.9 Å². The average Bonchev–Trinajstić information content (AvgIpc) is 3.35. The number of methoxy groups -OCH3 is 1. The molecule has 0 unspecified atom stereocenters. The van der Waals surface area contributed by atoms with Crippen molar-refractivity contribution in [2.75, 3.05) is 7.11 Å². The first kappa shape index (κ1) is 15.9. The lowest BCUT2D eigenvalue weighted by Gasteiger charge is -2.23. The normalized spacial score (nSPS) is 12.3. The van der Waals surface area contributed by atoms with Crippen LogP contribution >= 0.6 is 0 Å².